The summed E-state index contributed by atoms with van der Waals surface area (Å²) in [6.45, 7) is 9.86. The van der Waals surface area contributed by atoms with Gasteiger partial charge in [0, 0.05) is 16.8 Å². The molecule has 0 fully saturated rings. The number of hydrogen-bond donors (Lipinski definition) is 2. The van der Waals surface area contributed by atoms with Crippen molar-refractivity contribution in [3.63, 3.8) is 0 Å². The molecule has 3 aromatic rings. The van der Waals surface area contributed by atoms with Crippen molar-refractivity contribution in [2.24, 2.45) is 0 Å². The molecule has 1 heterocycles. The molecule has 5 heteroatoms. The molecular formula is C24H34N2O3. The minimum absolute atomic E-state index is 0.702. The number of nitrogens with one attached hydrogen (secondary N) is 2. The Hall–Kier alpha value is -2.24. The van der Waals surface area contributed by atoms with Gasteiger partial charge in [0.2, 0.25) is 0 Å². The smallest absolute Gasteiger partial charge is 0.139 e. The van der Waals surface area contributed by atoms with Crippen molar-refractivity contribution in [3.05, 3.63) is 36.4 Å². The number of fused-ring (bicyclic) bond motifs is 3. The summed E-state index contributed by atoms with van der Waals surface area (Å²) in [6.07, 6.45) is 4.31. The Morgan fingerprint density at radius 2 is 1.31 bits per heavy atom. The fourth-order valence-electron chi connectivity index (χ4n) is 3.29. The van der Waals surface area contributed by atoms with Gasteiger partial charge >= 0.3 is 0 Å². The van der Waals surface area contributed by atoms with Gasteiger partial charge in [0.15, 0.2) is 0 Å². The highest BCUT2D eigenvalue weighted by Gasteiger charge is 2.09. The van der Waals surface area contributed by atoms with E-state index < -0.39 is 0 Å². The Balaban J connectivity index is 1.56. The lowest BCUT2D eigenvalue weighted by Gasteiger charge is -2.07. The normalized spacial score (nSPS) is 11.4. The second-order valence-corrected chi connectivity index (χ2v) is 7.32. The number of hydrogen-bond acceptors (Lipinski definition) is 5. The molecule has 2 aromatic carbocycles. The molecule has 2 N–H and O–H groups in total. The fourth-order valence-corrected chi connectivity index (χ4v) is 3.29. The van der Waals surface area contributed by atoms with E-state index in [2.05, 4.69) is 36.6 Å². The van der Waals surface area contributed by atoms with Gasteiger partial charge in [-0.15, -0.1) is 0 Å². The van der Waals surface area contributed by atoms with Gasteiger partial charge in [-0.05, 0) is 82.2 Å². The molecule has 158 valence electrons. The molecule has 0 bridgehead atoms. The molecule has 29 heavy (non-hydrogen) atoms. The highest BCUT2D eigenvalue weighted by Crippen LogP contribution is 2.33. The van der Waals surface area contributed by atoms with E-state index in [-0.39, 0.29) is 0 Å². The second-order valence-electron chi connectivity index (χ2n) is 7.32. The molecular weight excluding hydrogens is 364 g/mol. The molecule has 0 aliphatic heterocycles. The maximum Gasteiger partial charge on any atom is 0.139 e. The van der Waals surface area contributed by atoms with Crippen LogP contribution < -0.4 is 20.1 Å². The SMILES string of the molecule is CCCNCCCOc1ccc2c(c1)oc1ccc(OCCCNCCC)cc12. The average Bonchev–Trinajstić information content (AvgIpc) is 3.10. The first-order chi connectivity index (χ1) is 14.3. The highest BCUT2D eigenvalue weighted by molar-refractivity contribution is 6.05. The number of benzene rings is 2. The molecule has 0 amide bonds. The molecule has 0 aliphatic rings. The van der Waals surface area contributed by atoms with E-state index in [0.717, 1.165) is 85.3 Å². The first-order valence-electron chi connectivity index (χ1n) is 10.9. The highest BCUT2D eigenvalue weighted by atomic mass is 16.5. The van der Waals surface area contributed by atoms with Crippen LogP contribution in [0.25, 0.3) is 21.9 Å². The monoisotopic (exact) mass is 398 g/mol. The van der Waals surface area contributed by atoms with Crippen LogP contribution in [0.2, 0.25) is 0 Å². The molecule has 5 nitrogen and oxygen atoms in total. The Kier molecular flexibility index (Phi) is 8.65. The summed E-state index contributed by atoms with van der Waals surface area (Å²) in [5.41, 5.74) is 1.72. The predicted molar refractivity (Wildman–Crippen MR) is 120 cm³/mol. The van der Waals surface area contributed by atoms with Gasteiger partial charge in [-0.3, -0.25) is 0 Å². The summed E-state index contributed by atoms with van der Waals surface area (Å²) in [4.78, 5) is 0. The first kappa shape index (κ1) is 21.5. The standard InChI is InChI=1S/C24H34N2O3/c1-3-11-25-13-5-15-27-19-8-10-23-22(17-19)21-9-7-20(18-24(21)29-23)28-16-6-14-26-12-4-2/h7-10,17-18,25-26H,3-6,11-16H2,1-2H3. The molecule has 0 radical (unpaired) electrons. The second kappa shape index (κ2) is 11.7. The fraction of sp³-hybridized carbons (Fsp3) is 0.500. The summed E-state index contributed by atoms with van der Waals surface area (Å²) in [6, 6.07) is 12.1. The van der Waals surface area contributed by atoms with Crippen molar-refractivity contribution in [3.8, 4) is 11.5 Å². The molecule has 0 saturated heterocycles. The summed E-state index contributed by atoms with van der Waals surface area (Å²) in [7, 11) is 0. The third-order valence-corrected chi connectivity index (χ3v) is 4.80. The van der Waals surface area contributed by atoms with Gasteiger partial charge in [0.1, 0.15) is 22.7 Å². The predicted octanol–water partition coefficient (Wildman–Crippen LogP) is 5.12. The van der Waals surface area contributed by atoms with Gasteiger partial charge in [-0.25, -0.2) is 0 Å². The Labute approximate surface area is 173 Å². The summed E-state index contributed by atoms with van der Waals surface area (Å²) < 4.78 is 17.8. The lowest BCUT2D eigenvalue weighted by Crippen LogP contribution is -2.18. The van der Waals surface area contributed by atoms with E-state index in [1.165, 1.54) is 0 Å². The van der Waals surface area contributed by atoms with Gasteiger partial charge in [0.05, 0.1) is 13.2 Å². The maximum absolute atomic E-state index is 6.02. The lowest BCUT2D eigenvalue weighted by atomic mass is 10.1. The molecule has 0 unspecified atom stereocenters. The largest absolute Gasteiger partial charge is 0.494 e. The molecule has 1 aromatic heterocycles. The van der Waals surface area contributed by atoms with Crippen LogP contribution in [0.4, 0.5) is 0 Å². The van der Waals surface area contributed by atoms with E-state index in [9.17, 15) is 0 Å². The minimum atomic E-state index is 0.702. The van der Waals surface area contributed by atoms with Crippen molar-refractivity contribution in [1.29, 1.82) is 0 Å². The van der Waals surface area contributed by atoms with Crippen LogP contribution in [0.15, 0.2) is 40.8 Å². The molecule has 0 aliphatic carbocycles. The van der Waals surface area contributed by atoms with Gasteiger partial charge < -0.3 is 24.5 Å². The Morgan fingerprint density at radius 1 is 0.690 bits per heavy atom. The third-order valence-electron chi connectivity index (χ3n) is 4.80. The van der Waals surface area contributed by atoms with Gasteiger partial charge in [-0.2, -0.15) is 0 Å². The van der Waals surface area contributed by atoms with E-state index in [1.54, 1.807) is 0 Å². The van der Waals surface area contributed by atoms with Gasteiger partial charge in [0.25, 0.3) is 0 Å². The maximum atomic E-state index is 6.02. The number of ether oxygens (including phenoxy) is 2. The van der Waals surface area contributed by atoms with Crippen molar-refractivity contribution >= 4 is 21.9 Å². The zero-order chi connectivity index (χ0) is 20.3. The number of rotatable bonds is 14. The van der Waals surface area contributed by atoms with Gasteiger partial charge in [-0.1, -0.05) is 13.8 Å². The van der Waals surface area contributed by atoms with E-state index in [1.807, 2.05) is 24.3 Å². The van der Waals surface area contributed by atoms with E-state index >= 15 is 0 Å². The average molecular weight is 399 g/mol. The number of furan rings is 1. The van der Waals surface area contributed by atoms with Crippen LogP contribution in [0, 0.1) is 0 Å². The van der Waals surface area contributed by atoms with Crippen molar-refractivity contribution in [2.75, 3.05) is 39.4 Å². The lowest BCUT2D eigenvalue weighted by molar-refractivity contribution is 0.308. The summed E-state index contributed by atoms with van der Waals surface area (Å²) in [5.74, 6) is 1.73. The van der Waals surface area contributed by atoms with Crippen LogP contribution in [-0.2, 0) is 0 Å². The van der Waals surface area contributed by atoms with E-state index in [4.69, 9.17) is 13.9 Å². The van der Waals surface area contributed by atoms with Crippen molar-refractivity contribution in [2.45, 2.75) is 39.5 Å². The Morgan fingerprint density at radius 3 is 1.97 bits per heavy atom. The first-order valence-corrected chi connectivity index (χ1v) is 10.9. The minimum Gasteiger partial charge on any atom is -0.494 e. The zero-order valence-corrected chi connectivity index (χ0v) is 17.8. The molecule has 0 atom stereocenters. The van der Waals surface area contributed by atoms with Crippen LogP contribution in [-0.4, -0.2) is 39.4 Å². The quantitative estimate of drug-likeness (QED) is 0.369. The summed E-state index contributed by atoms with van der Waals surface area (Å²) >= 11 is 0. The molecule has 0 saturated carbocycles. The topological polar surface area (TPSA) is 55.7 Å². The van der Waals surface area contributed by atoms with Crippen molar-refractivity contribution in [1.82, 2.24) is 10.6 Å². The van der Waals surface area contributed by atoms with Crippen LogP contribution in [0.1, 0.15) is 39.5 Å². The molecule has 0 spiro atoms. The molecule has 3 rings (SSSR count). The van der Waals surface area contributed by atoms with Crippen LogP contribution in [0.5, 0.6) is 11.5 Å². The zero-order valence-electron chi connectivity index (χ0n) is 17.8. The van der Waals surface area contributed by atoms with E-state index in [0.29, 0.717) is 13.2 Å². The summed E-state index contributed by atoms with van der Waals surface area (Å²) in [5, 5.41) is 8.95. The third kappa shape index (κ3) is 6.38. The van der Waals surface area contributed by atoms with Crippen LogP contribution in [0.3, 0.4) is 0 Å². The van der Waals surface area contributed by atoms with Crippen LogP contribution >= 0.6 is 0 Å². The van der Waals surface area contributed by atoms with Crippen molar-refractivity contribution < 1.29 is 13.9 Å². The Bertz CT molecular complexity index is 875.